The van der Waals surface area contributed by atoms with Crippen molar-refractivity contribution in [2.75, 3.05) is 11.9 Å². The molecular formula is C10H15N3OS2. The molecule has 0 aromatic carbocycles. The summed E-state index contributed by atoms with van der Waals surface area (Å²) in [7, 11) is 0. The lowest BCUT2D eigenvalue weighted by molar-refractivity contribution is -0.119. The van der Waals surface area contributed by atoms with Crippen LogP contribution in [0.3, 0.4) is 0 Å². The molecule has 1 aromatic heterocycles. The lowest BCUT2D eigenvalue weighted by atomic mass is 9.99. The van der Waals surface area contributed by atoms with Gasteiger partial charge < -0.3 is 5.32 Å². The standard InChI is InChI=1S/C10H15N3OS2/c1-2-11-9-12-13-10(16-9)15-8-6-4-3-5-7(8)14/h8H,2-6H2,1H3,(H,11,12)/t8-/m1/s1. The quantitative estimate of drug-likeness (QED) is 0.898. The van der Waals surface area contributed by atoms with Crippen molar-refractivity contribution in [2.24, 2.45) is 0 Å². The van der Waals surface area contributed by atoms with Crippen molar-refractivity contribution in [1.82, 2.24) is 10.2 Å². The number of nitrogens with zero attached hydrogens (tertiary/aromatic N) is 2. The molecule has 1 heterocycles. The normalized spacial score (nSPS) is 21.1. The molecule has 0 amide bonds. The van der Waals surface area contributed by atoms with E-state index in [1.54, 1.807) is 11.8 Å². The molecule has 6 heteroatoms. The van der Waals surface area contributed by atoms with Gasteiger partial charge in [0.15, 0.2) is 4.34 Å². The van der Waals surface area contributed by atoms with Crippen LogP contribution in [0.15, 0.2) is 4.34 Å². The largest absolute Gasteiger partial charge is 0.360 e. The molecule has 0 unspecified atom stereocenters. The van der Waals surface area contributed by atoms with Crippen LogP contribution >= 0.6 is 23.1 Å². The molecular weight excluding hydrogens is 242 g/mol. The average Bonchev–Trinajstić information content (AvgIpc) is 2.70. The van der Waals surface area contributed by atoms with Gasteiger partial charge in [-0.2, -0.15) is 0 Å². The molecule has 1 N–H and O–H groups in total. The molecule has 0 spiro atoms. The lowest BCUT2D eigenvalue weighted by Crippen LogP contribution is -2.21. The van der Waals surface area contributed by atoms with Gasteiger partial charge in [0.25, 0.3) is 0 Å². The molecule has 16 heavy (non-hydrogen) atoms. The van der Waals surface area contributed by atoms with E-state index >= 15 is 0 Å². The van der Waals surface area contributed by atoms with Crippen molar-refractivity contribution in [3.8, 4) is 0 Å². The Balaban J connectivity index is 1.94. The molecule has 1 aromatic rings. The Kier molecular flexibility index (Phi) is 4.17. The fraction of sp³-hybridized carbons (Fsp3) is 0.700. The summed E-state index contributed by atoms with van der Waals surface area (Å²) < 4.78 is 0.899. The molecule has 1 fully saturated rings. The van der Waals surface area contributed by atoms with Gasteiger partial charge in [0, 0.05) is 13.0 Å². The van der Waals surface area contributed by atoms with E-state index in [4.69, 9.17) is 0 Å². The maximum atomic E-state index is 11.7. The van der Waals surface area contributed by atoms with Crippen LogP contribution in [-0.2, 0) is 4.79 Å². The van der Waals surface area contributed by atoms with E-state index in [1.807, 2.05) is 6.92 Å². The zero-order valence-electron chi connectivity index (χ0n) is 9.23. The van der Waals surface area contributed by atoms with E-state index in [0.717, 1.165) is 41.7 Å². The summed E-state index contributed by atoms with van der Waals surface area (Å²) in [5, 5.41) is 12.2. The van der Waals surface area contributed by atoms with Crippen LogP contribution in [0.1, 0.15) is 32.6 Å². The topological polar surface area (TPSA) is 54.9 Å². The summed E-state index contributed by atoms with van der Waals surface area (Å²) in [6.45, 7) is 2.88. The van der Waals surface area contributed by atoms with E-state index in [-0.39, 0.29) is 5.25 Å². The van der Waals surface area contributed by atoms with Crippen molar-refractivity contribution < 1.29 is 4.79 Å². The summed E-state index contributed by atoms with van der Waals surface area (Å²) in [5.41, 5.74) is 0. The third-order valence-corrected chi connectivity index (χ3v) is 4.76. The fourth-order valence-electron chi connectivity index (χ4n) is 1.68. The fourth-order valence-corrected chi connectivity index (χ4v) is 3.87. The van der Waals surface area contributed by atoms with Gasteiger partial charge in [-0.25, -0.2) is 0 Å². The Morgan fingerprint density at radius 2 is 2.38 bits per heavy atom. The second-order valence-corrected chi connectivity index (χ2v) is 6.15. The van der Waals surface area contributed by atoms with Crippen molar-refractivity contribution in [3.05, 3.63) is 0 Å². The minimum Gasteiger partial charge on any atom is -0.360 e. The van der Waals surface area contributed by atoms with Gasteiger partial charge in [-0.15, -0.1) is 10.2 Å². The van der Waals surface area contributed by atoms with E-state index in [2.05, 4.69) is 15.5 Å². The van der Waals surface area contributed by atoms with Crippen molar-refractivity contribution in [1.29, 1.82) is 0 Å². The maximum absolute atomic E-state index is 11.7. The highest BCUT2D eigenvalue weighted by Crippen LogP contribution is 2.34. The Hall–Kier alpha value is -0.620. The molecule has 4 nitrogen and oxygen atoms in total. The van der Waals surface area contributed by atoms with Gasteiger partial charge in [0.05, 0.1) is 5.25 Å². The molecule has 1 saturated carbocycles. The van der Waals surface area contributed by atoms with Gasteiger partial charge in [0.1, 0.15) is 5.78 Å². The number of hydrogen-bond donors (Lipinski definition) is 1. The molecule has 0 aliphatic heterocycles. The van der Waals surface area contributed by atoms with Gasteiger partial charge in [-0.3, -0.25) is 4.79 Å². The summed E-state index contributed by atoms with van der Waals surface area (Å²) in [5.74, 6) is 0.372. The number of rotatable bonds is 4. The first kappa shape index (κ1) is 11.9. The Bertz CT molecular complexity index is 367. The van der Waals surface area contributed by atoms with Gasteiger partial charge in [0.2, 0.25) is 5.13 Å². The minimum atomic E-state index is 0.108. The minimum absolute atomic E-state index is 0.108. The first-order valence-corrected chi connectivity index (χ1v) is 7.26. The van der Waals surface area contributed by atoms with Crippen LogP contribution in [0.4, 0.5) is 5.13 Å². The smallest absolute Gasteiger partial charge is 0.206 e. The summed E-state index contributed by atoms with van der Waals surface area (Å²) in [6, 6.07) is 0. The number of Topliss-reactive ketones (excluding diaryl/α,β-unsaturated/α-hetero) is 1. The van der Waals surface area contributed by atoms with Crippen LogP contribution in [0.2, 0.25) is 0 Å². The summed E-state index contributed by atoms with van der Waals surface area (Å²) in [6.07, 6.45) is 3.92. The van der Waals surface area contributed by atoms with Crippen LogP contribution in [0, 0.1) is 0 Å². The zero-order chi connectivity index (χ0) is 11.4. The molecule has 0 bridgehead atoms. The first-order valence-electron chi connectivity index (χ1n) is 5.56. The van der Waals surface area contributed by atoms with Crippen LogP contribution in [0.5, 0.6) is 0 Å². The zero-order valence-corrected chi connectivity index (χ0v) is 10.9. The number of anilines is 1. The number of nitrogens with one attached hydrogen (secondary N) is 1. The second kappa shape index (κ2) is 5.63. The molecule has 2 rings (SSSR count). The van der Waals surface area contributed by atoms with Crippen molar-refractivity contribution in [3.63, 3.8) is 0 Å². The number of carbonyl (C=O) groups is 1. The maximum Gasteiger partial charge on any atom is 0.206 e. The predicted octanol–water partition coefficient (Wildman–Crippen LogP) is 2.57. The molecule has 1 aliphatic carbocycles. The highest BCUT2D eigenvalue weighted by Gasteiger charge is 2.24. The van der Waals surface area contributed by atoms with Crippen molar-refractivity contribution >= 4 is 34.0 Å². The average molecular weight is 257 g/mol. The van der Waals surface area contributed by atoms with Crippen LogP contribution in [0.25, 0.3) is 0 Å². The molecule has 1 aliphatic rings. The number of thioether (sulfide) groups is 1. The Morgan fingerprint density at radius 3 is 3.12 bits per heavy atom. The van der Waals surface area contributed by atoms with Gasteiger partial charge in [-0.1, -0.05) is 29.5 Å². The molecule has 0 saturated heterocycles. The van der Waals surface area contributed by atoms with Crippen LogP contribution in [-0.4, -0.2) is 27.8 Å². The van der Waals surface area contributed by atoms with E-state index in [9.17, 15) is 4.79 Å². The SMILES string of the molecule is CCNc1nnc(S[C@@H]2CCCCC2=O)s1. The van der Waals surface area contributed by atoms with Crippen LogP contribution < -0.4 is 5.32 Å². The first-order chi connectivity index (χ1) is 7.79. The monoisotopic (exact) mass is 257 g/mol. The number of ketones is 1. The van der Waals surface area contributed by atoms with Gasteiger partial charge >= 0.3 is 0 Å². The van der Waals surface area contributed by atoms with Gasteiger partial charge in [-0.05, 0) is 19.8 Å². The lowest BCUT2D eigenvalue weighted by Gasteiger charge is -2.17. The summed E-state index contributed by atoms with van der Waals surface area (Å²) in [4.78, 5) is 11.7. The molecule has 0 radical (unpaired) electrons. The molecule has 1 atom stereocenters. The third kappa shape index (κ3) is 2.95. The van der Waals surface area contributed by atoms with E-state index < -0.39 is 0 Å². The number of carbonyl (C=O) groups excluding carboxylic acids is 1. The Labute approximate surface area is 103 Å². The number of hydrogen-bond acceptors (Lipinski definition) is 6. The molecule has 88 valence electrons. The number of aromatic nitrogens is 2. The van der Waals surface area contributed by atoms with E-state index in [0.29, 0.717) is 5.78 Å². The third-order valence-electron chi connectivity index (χ3n) is 2.48. The second-order valence-electron chi connectivity index (χ2n) is 3.72. The van der Waals surface area contributed by atoms with E-state index in [1.165, 1.54) is 11.3 Å². The highest BCUT2D eigenvalue weighted by molar-refractivity contribution is 8.02. The summed E-state index contributed by atoms with van der Waals surface area (Å²) >= 11 is 3.11. The van der Waals surface area contributed by atoms with Crippen molar-refractivity contribution in [2.45, 2.75) is 42.2 Å². The highest BCUT2D eigenvalue weighted by atomic mass is 32.2. The Morgan fingerprint density at radius 1 is 1.50 bits per heavy atom. The predicted molar refractivity (Wildman–Crippen MR) is 67.2 cm³/mol.